The van der Waals surface area contributed by atoms with Gasteiger partial charge in [-0.1, -0.05) is 24.3 Å². The Morgan fingerprint density at radius 2 is 1.47 bits per heavy atom. The Morgan fingerprint density at radius 3 is 2.12 bits per heavy atom. The largest absolute Gasteiger partial charge is 0.416 e. The lowest BCUT2D eigenvalue weighted by Gasteiger charge is -2.13. The van der Waals surface area contributed by atoms with E-state index in [1.54, 1.807) is 24.3 Å². The van der Waals surface area contributed by atoms with Crippen LogP contribution in [-0.4, -0.2) is 19.4 Å². The highest BCUT2D eigenvalue weighted by molar-refractivity contribution is 7.92. The summed E-state index contributed by atoms with van der Waals surface area (Å²) >= 11 is 0. The minimum Gasteiger partial charge on any atom is -0.308 e. The van der Waals surface area contributed by atoms with E-state index < -0.39 is 27.8 Å². The fourth-order valence-corrected chi connectivity index (χ4v) is 4.23. The van der Waals surface area contributed by atoms with Crippen LogP contribution in [0.15, 0.2) is 90.0 Å². The highest BCUT2D eigenvalue weighted by atomic mass is 32.2. The number of aromatic nitrogens is 1. The molecule has 4 aromatic rings. The summed E-state index contributed by atoms with van der Waals surface area (Å²) in [6.07, 6.45) is -3.32. The summed E-state index contributed by atoms with van der Waals surface area (Å²) in [5.74, 6) is 0. The molecule has 0 atom stereocenters. The zero-order valence-corrected chi connectivity index (χ0v) is 18.1. The van der Waals surface area contributed by atoms with Gasteiger partial charge in [0, 0.05) is 23.0 Å². The Hall–Kier alpha value is -4.12. The van der Waals surface area contributed by atoms with Gasteiger partial charge in [0.15, 0.2) is 0 Å². The number of para-hydroxylation sites is 1. The quantitative estimate of drug-likeness (QED) is 0.337. The van der Waals surface area contributed by atoms with Gasteiger partial charge in [0.2, 0.25) is 0 Å². The van der Waals surface area contributed by atoms with Gasteiger partial charge in [-0.15, -0.1) is 0 Å². The molecule has 0 radical (unpaired) electrons. The van der Waals surface area contributed by atoms with Crippen molar-refractivity contribution in [1.82, 2.24) is 4.98 Å². The lowest BCUT2D eigenvalue weighted by Crippen LogP contribution is -2.19. The molecule has 0 aliphatic carbocycles. The number of sulfonamides is 1. The SMILES string of the molecule is O=C(Nc1ccccc1)Nc1ccc(S(=O)(=O)Nc2ccnc3cc(C(F)(F)F)ccc23)cc1. The van der Waals surface area contributed by atoms with Gasteiger partial charge < -0.3 is 10.6 Å². The number of benzene rings is 3. The molecule has 0 aliphatic heterocycles. The second-order valence-electron chi connectivity index (χ2n) is 7.16. The molecule has 0 bridgehead atoms. The average Bonchev–Trinajstić information content (AvgIpc) is 2.79. The minimum atomic E-state index is -4.54. The van der Waals surface area contributed by atoms with Gasteiger partial charge in [-0.2, -0.15) is 13.2 Å². The van der Waals surface area contributed by atoms with Gasteiger partial charge in [-0.3, -0.25) is 9.71 Å². The van der Waals surface area contributed by atoms with E-state index in [4.69, 9.17) is 0 Å². The average molecular weight is 486 g/mol. The number of nitrogens with zero attached hydrogens (tertiary/aromatic N) is 1. The number of anilines is 3. The van der Waals surface area contributed by atoms with Gasteiger partial charge in [0.25, 0.3) is 10.0 Å². The Bertz CT molecular complexity index is 1440. The Morgan fingerprint density at radius 1 is 0.824 bits per heavy atom. The molecule has 0 aliphatic rings. The summed E-state index contributed by atoms with van der Waals surface area (Å²) in [5, 5.41) is 5.45. The summed E-state index contributed by atoms with van der Waals surface area (Å²) < 4.78 is 66.9. The zero-order valence-electron chi connectivity index (χ0n) is 17.3. The van der Waals surface area contributed by atoms with Gasteiger partial charge in [0.1, 0.15) is 0 Å². The standard InChI is InChI=1S/C23H17F3N4O3S/c24-23(25,26)15-6-11-19-20(12-13-27-21(19)14-15)30-34(32,33)18-9-7-17(8-10-18)29-22(31)28-16-4-2-1-3-5-16/h1-14H,(H,27,30)(H2,28,29,31). The molecule has 0 saturated heterocycles. The third-order valence-electron chi connectivity index (χ3n) is 4.77. The zero-order chi connectivity index (χ0) is 24.3. The Labute approximate surface area is 192 Å². The van der Waals surface area contributed by atoms with E-state index >= 15 is 0 Å². The topological polar surface area (TPSA) is 100 Å². The maximum absolute atomic E-state index is 13.0. The lowest BCUT2D eigenvalue weighted by atomic mass is 10.1. The number of hydrogen-bond donors (Lipinski definition) is 3. The maximum atomic E-state index is 13.0. The maximum Gasteiger partial charge on any atom is 0.416 e. The highest BCUT2D eigenvalue weighted by Gasteiger charge is 2.30. The predicted octanol–water partition coefficient (Wildman–Crippen LogP) is 5.70. The second-order valence-corrected chi connectivity index (χ2v) is 8.85. The minimum absolute atomic E-state index is 0.000925. The molecule has 11 heteroatoms. The van der Waals surface area contributed by atoms with Crippen LogP contribution in [0.2, 0.25) is 0 Å². The van der Waals surface area contributed by atoms with Gasteiger partial charge >= 0.3 is 12.2 Å². The molecule has 1 aromatic heterocycles. The third-order valence-corrected chi connectivity index (χ3v) is 6.15. The number of amides is 2. The molecule has 0 saturated carbocycles. The number of alkyl halides is 3. The normalized spacial score (nSPS) is 11.7. The predicted molar refractivity (Wildman–Crippen MR) is 123 cm³/mol. The van der Waals surface area contributed by atoms with E-state index in [2.05, 4.69) is 20.3 Å². The molecule has 3 aromatic carbocycles. The fraction of sp³-hybridized carbons (Fsp3) is 0.0435. The summed E-state index contributed by atoms with van der Waals surface area (Å²) in [5.41, 5.74) is 0.158. The van der Waals surface area contributed by atoms with E-state index in [1.807, 2.05) is 6.07 Å². The van der Waals surface area contributed by atoms with Crippen molar-refractivity contribution in [2.45, 2.75) is 11.1 Å². The van der Waals surface area contributed by atoms with E-state index in [0.29, 0.717) is 11.4 Å². The van der Waals surface area contributed by atoms with Gasteiger partial charge in [0.05, 0.1) is 21.7 Å². The smallest absolute Gasteiger partial charge is 0.308 e. The van der Waals surface area contributed by atoms with Gasteiger partial charge in [-0.05, 0) is 54.6 Å². The molecule has 1 heterocycles. The van der Waals surface area contributed by atoms with Crippen molar-refractivity contribution in [2.75, 3.05) is 15.4 Å². The van der Waals surface area contributed by atoms with Gasteiger partial charge in [-0.25, -0.2) is 13.2 Å². The van der Waals surface area contributed by atoms with Crippen LogP contribution in [0.1, 0.15) is 5.56 Å². The van der Waals surface area contributed by atoms with Crippen LogP contribution < -0.4 is 15.4 Å². The van der Waals surface area contributed by atoms with Crippen molar-refractivity contribution in [1.29, 1.82) is 0 Å². The molecule has 34 heavy (non-hydrogen) atoms. The first-order chi connectivity index (χ1) is 16.1. The molecular formula is C23H17F3N4O3S. The van der Waals surface area contributed by atoms with E-state index in [1.165, 1.54) is 42.6 Å². The molecule has 2 amide bonds. The van der Waals surface area contributed by atoms with Crippen molar-refractivity contribution in [3.05, 3.63) is 90.6 Å². The summed E-state index contributed by atoms with van der Waals surface area (Å²) in [4.78, 5) is 15.9. The molecule has 3 N–H and O–H groups in total. The first-order valence-electron chi connectivity index (χ1n) is 9.84. The van der Waals surface area contributed by atoms with Crippen LogP contribution in [0.3, 0.4) is 0 Å². The molecule has 174 valence electrons. The number of pyridine rings is 1. The first-order valence-corrected chi connectivity index (χ1v) is 11.3. The highest BCUT2D eigenvalue weighted by Crippen LogP contribution is 2.33. The molecule has 0 fully saturated rings. The Balaban J connectivity index is 1.50. The number of halogens is 3. The van der Waals surface area contributed by atoms with Crippen LogP contribution in [0.25, 0.3) is 10.9 Å². The monoisotopic (exact) mass is 486 g/mol. The number of carbonyl (C=O) groups is 1. The summed E-state index contributed by atoms with van der Waals surface area (Å²) in [6, 6.07) is 18.0. The van der Waals surface area contributed by atoms with E-state index in [9.17, 15) is 26.4 Å². The lowest BCUT2D eigenvalue weighted by molar-refractivity contribution is -0.137. The van der Waals surface area contributed by atoms with Crippen LogP contribution in [0.5, 0.6) is 0 Å². The Kier molecular flexibility index (Phi) is 6.12. The molecule has 4 rings (SSSR count). The molecule has 7 nitrogen and oxygen atoms in total. The fourth-order valence-electron chi connectivity index (χ4n) is 3.15. The number of fused-ring (bicyclic) bond motifs is 1. The number of hydrogen-bond acceptors (Lipinski definition) is 4. The molecular weight excluding hydrogens is 469 g/mol. The van der Waals surface area contributed by atoms with Crippen molar-refractivity contribution >= 4 is 44.0 Å². The summed E-state index contributed by atoms with van der Waals surface area (Å²) in [7, 11) is -4.07. The van der Waals surface area contributed by atoms with Crippen molar-refractivity contribution in [3.63, 3.8) is 0 Å². The van der Waals surface area contributed by atoms with Crippen molar-refractivity contribution in [2.24, 2.45) is 0 Å². The summed E-state index contributed by atoms with van der Waals surface area (Å²) in [6.45, 7) is 0. The van der Waals surface area contributed by atoms with Crippen molar-refractivity contribution in [3.8, 4) is 0 Å². The van der Waals surface area contributed by atoms with Crippen LogP contribution in [-0.2, 0) is 16.2 Å². The van der Waals surface area contributed by atoms with Crippen LogP contribution in [0.4, 0.5) is 35.0 Å². The number of urea groups is 1. The molecule has 0 spiro atoms. The van der Waals surface area contributed by atoms with E-state index in [-0.39, 0.29) is 21.5 Å². The number of carbonyl (C=O) groups excluding carboxylic acids is 1. The molecule has 0 unspecified atom stereocenters. The third kappa shape index (κ3) is 5.26. The first kappa shape index (κ1) is 23.1. The van der Waals surface area contributed by atoms with Crippen LogP contribution >= 0.6 is 0 Å². The van der Waals surface area contributed by atoms with Crippen LogP contribution in [0, 0.1) is 0 Å². The van der Waals surface area contributed by atoms with Crippen molar-refractivity contribution < 1.29 is 26.4 Å². The number of rotatable bonds is 5. The van der Waals surface area contributed by atoms with E-state index in [0.717, 1.165) is 12.1 Å². The number of nitrogens with one attached hydrogen (secondary N) is 3. The second kappa shape index (κ2) is 9.02.